The summed E-state index contributed by atoms with van der Waals surface area (Å²) in [5.74, 6) is -3.14. The molecule has 0 amide bonds. The third kappa shape index (κ3) is 4.13. The Kier molecular flexibility index (Phi) is 6.95. The van der Waals surface area contributed by atoms with Gasteiger partial charge in [0.15, 0.2) is 12.1 Å². The fraction of sp³-hybridized carbons (Fsp3) is 0.500. The average Bonchev–Trinajstić information content (AvgIpc) is 2.54. The predicted octanol–water partition coefficient (Wildman–Crippen LogP) is 2.88. The molecule has 6 nitrogen and oxygen atoms in total. The van der Waals surface area contributed by atoms with Crippen molar-refractivity contribution in [2.75, 3.05) is 7.11 Å². The standard InChI is InChI=1S/C18H24O6/c1-5-6-12(18(23)24-4)16(21)13-8-11(7-10(2)3)15(20)14(9-19)17(13)22/h8-10,12,20,22H,5-7H2,1-4H3. The molecule has 0 radical (unpaired) electrons. The number of phenolic OH excluding ortho intramolecular Hbond substituents is 2. The van der Waals surface area contributed by atoms with Gasteiger partial charge >= 0.3 is 5.97 Å². The number of carbonyl (C=O) groups is 3. The van der Waals surface area contributed by atoms with Crippen LogP contribution in [0.3, 0.4) is 0 Å². The average molecular weight is 336 g/mol. The van der Waals surface area contributed by atoms with Crippen molar-refractivity contribution in [2.24, 2.45) is 11.8 Å². The summed E-state index contributed by atoms with van der Waals surface area (Å²) in [5, 5.41) is 20.3. The van der Waals surface area contributed by atoms with E-state index in [-0.39, 0.29) is 29.2 Å². The molecule has 0 saturated carbocycles. The summed E-state index contributed by atoms with van der Waals surface area (Å²) in [4.78, 5) is 35.8. The minimum absolute atomic E-state index is 0.144. The first kappa shape index (κ1) is 19.7. The molecule has 132 valence electrons. The molecule has 2 N–H and O–H groups in total. The van der Waals surface area contributed by atoms with Crippen LogP contribution in [0.1, 0.15) is 59.9 Å². The quantitative estimate of drug-likeness (QED) is 0.328. The predicted molar refractivity (Wildman–Crippen MR) is 88.4 cm³/mol. The monoisotopic (exact) mass is 336 g/mol. The van der Waals surface area contributed by atoms with Crippen LogP contribution in [-0.2, 0) is 16.0 Å². The highest BCUT2D eigenvalue weighted by atomic mass is 16.5. The number of carbonyl (C=O) groups excluding carboxylic acids is 3. The van der Waals surface area contributed by atoms with Gasteiger partial charge in [-0.15, -0.1) is 0 Å². The van der Waals surface area contributed by atoms with Gasteiger partial charge in [-0.1, -0.05) is 27.2 Å². The van der Waals surface area contributed by atoms with Crippen LogP contribution >= 0.6 is 0 Å². The normalized spacial score (nSPS) is 12.0. The number of methoxy groups -OCH3 is 1. The lowest BCUT2D eigenvalue weighted by Crippen LogP contribution is -2.26. The molecule has 0 heterocycles. The summed E-state index contributed by atoms with van der Waals surface area (Å²) in [6, 6.07) is 1.35. The molecule has 1 aromatic carbocycles. The topological polar surface area (TPSA) is 101 Å². The molecule has 0 fully saturated rings. The lowest BCUT2D eigenvalue weighted by Gasteiger charge is -2.17. The van der Waals surface area contributed by atoms with Gasteiger partial charge in [-0.25, -0.2) is 0 Å². The van der Waals surface area contributed by atoms with E-state index in [4.69, 9.17) is 0 Å². The van der Waals surface area contributed by atoms with Gasteiger partial charge in [0.1, 0.15) is 17.4 Å². The number of ketones is 1. The second-order valence-electron chi connectivity index (χ2n) is 6.14. The van der Waals surface area contributed by atoms with E-state index in [2.05, 4.69) is 4.74 Å². The highest BCUT2D eigenvalue weighted by Crippen LogP contribution is 2.36. The largest absolute Gasteiger partial charge is 0.507 e. The Balaban J connectivity index is 3.47. The van der Waals surface area contributed by atoms with Gasteiger partial charge in [0.05, 0.1) is 18.2 Å². The summed E-state index contributed by atoms with van der Waals surface area (Å²) >= 11 is 0. The molecule has 1 unspecified atom stereocenters. The molecule has 1 rings (SSSR count). The molecule has 1 aromatic rings. The highest BCUT2D eigenvalue weighted by Gasteiger charge is 2.31. The number of benzene rings is 1. The van der Waals surface area contributed by atoms with Crippen LogP contribution in [0.4, 0.5) is 0 Å². The zero-order valence-corrected chi connectivity index (χ0v) is 14.5. The molecular weight excluding hydrogens is 312 g/mol. The van der Waals surface area contributed by atoms with Gasteiger partial charge < -0.3 is 14.9 Å². The lowest BCUT2D eigenvalue weighted by molar-refractivity contribution is -0.143. The highest BCUT2D eigenvalue weighted by molar-refractivity contribution is 6.11. The van der Waals surface area contributed by atoms with Crippen LogP contribution in [0.2, 0.25) is 0 Å². The Morgan fingerprint density at radius 3 is 2.33 bits per heavy atom. The Hall–Kier alpha value is -2.37. The van der Waals surface area contributed by atoms with Crippen molar-refractivity contribution in [3.8, 4) is 11.5 Å². The van der Waals surface area contributed by atoms with Gasteiger partial charge in [-0.3, -0.25) is 14.4 Å². The van der Waals surface area contributed by atoms with Crippen LogP contribution in [0.15, 0.2) is 6.07 Å². The van der Waals surface area contributed by atoms with Crippen molar-refractivity contribution in [1.29, 1.82) is 0 Å². The molecule has 6 heteroatoms. The number of Topliss-reactive ketones (excluding diaryl/α,β-unsaturated/α-hetero) is 1. The van der Waals surface area contributed by atoms with Crippen LogP contribution in [0.25, 0.3) is 0 Å². The fourth-order valence-electron chi connectivity index (χ4n) is 2.61. The molecular formula is C18H24O6. The second-order valence-corrected chi connectivity index (χ2v) is 6.14. The smallest absolute Gasteiger partial charge is 0.316 e. The third-order valence-electron chi connectivity index (χ3n) is 3.78. The summed E-state index contributed by atoms with van der Waals surface area (Å²) in [6.07, 6.45) is 1.56. The molecule has 0 aliphatic heterocycles. The molecule has 0 aliphatic carbocycles. The first-order valence-corrected chi connectivity index (χ1v) is 7.93. The Labute approximate surface area is 141 Å². The second kappa shape index (κ2) is 8.47. The molecule has 0 spiro atoms. The first-order chi connectivity index (χ1) is 11.3. The Bertz CT molecular complexity index is 633. The van der Waals surface area contributed by atoms with Crippen molar-refractivity contribution < 1.29 is 29.3 Å². The van der Waals surface area contributed by atoms with Gasteiger partial charge in [0, 0.05) is 0 Å². The van der Waals surface area contributed by atoms with Crippen molar-refractivity contribution >= 4 is 18.0 Å². The van der Waals surface area contributed by atoms with E-state index in [0.717, 1.165) is 0 Å². The van der Waals surface area contributed by atoms with Crippen molar-refractivity contribution in [3.05, 3.63) is 22.8 Å². The zero-order chi connectivity index (χ0) is 18.4. The summed E-state index contributed by atoms with van der Waals surface area (Å²) in [6.45, 7) is 5.66. The van der Waals surface area contributed by atoms with E-state index in [9.17, 15) is 24.6 Å². The number of rotatable bonds is 8. The van der Waals surface area contributed by atoms with Gasteiger partial charge in [0.2, 0.25) is 0 Å². The molecule has 1 atom stereocenters. The van der Waals surface area contributed by atoms with Gasteiger partial charge in [-0.05, 0) is 30.4 Å². The van der Waals surface area contributed by atoms with Crippen LogP contribution in [-0.4, -0.2) is 35.4 Å². The van der Waals surface area contributed by atoms with Crippen molar-refractivity contribution in [3.63, 3.8) is 0 Å². The van der Waals surface area contributed by atoms with Crippen LogP contribution < -0.4 is 0 Å². The van der Waals surface area contributed by atoms with E-state index in [1.807, 2.05) is 20.8 Å². The molecule has 24 heavy (non-hydrogen) atoms. The Morgan fingerprint density at radius 2 is 1.88 bits per heavy atom. The third-order valence-corrected chi connectivity index (χ3v) is 3.78. The van der Waals surface area contributed by atoms with Crippen LogP contribution in [0, 0.1) is 11.8 Å². The lowest BCUT2D eigenvalue weighted by atomic mass is 9.89. The fourth-order valence-corrected chi connectivity index (χ4v) is 2.61. The number of ether oxygens (including phenoxy) is 1. The summed E-state index contributed by atoms with van der Waals surface area (Å²) in [7, 11) is 1.19. The maximum atomic E-state index is 12.7. The number of hydrogen-bond donors (Lipinski definition) is 2. The maximum absolute atomic E-state index is 12.7. The summed E-state index contributed by atoms with van der Waals surface area (Å²) in [5.41, 5.74) is -0.0978. The minimum Gasteiger partial charge on any atom is -0.507 e. The van der Waals surface area contributed by atoms with Crippen LogP contribution in [0.5, 0.6) is 11.5 Å². The van der Waals surface area contributed by atoms with E-state index in [1.165, 1.54) is 13.2 Å². The maximum Gasteiger partial charge on any atom is 0.316 e. The molecule has 0 bridgehead atoms. The first-order valence-electron chi connectivity index (χ1n) is 7.93. The zero-order valence-electron chi connectivity index (χ0n) is 14.5. The molecule has 0 aliphatic rings. The number of hydrogen-bond acceptors (Lipinski definition) is 6. The molecule has 0 saturated heterocycles. The summed E-state index contributed by atoms with van der Waals surface area (Å²) < 4.78 is 4.66. The molecule has 0 aromatic heterocycles. The van der Waals surface area contributed by atoms with Crippen molar-refractivity contribution in [1.82, 2.24) is 0 Å². The number of phenols is 2. The number of aromatic hydroxyl groups is 2. The number of aldehydes is 1. The van der Waals surface area contributed by atoms with E-state index >= 15 is 0 Å². The number of esters is 1. The SMILES string of the molecule is CCCC(C(=O)OC)C(=O)c1cc(CC(C)C)c(O)c(C=O)c1O. The van der Waals surface area contributed by atoms with Gasteiger partial charge in [0.25, 0.3) is 0 Å². The van der Waals surface area contributed by atoms with Crippen molar-refractivity contribution in [2.45, 2.75) is 40.0 Å². The minimum atomic E-state index is -1.05. The van der Waals surface area contributed by atoms with E-state index in [1.54, 1.807) is 0 Å². The van der Waals surface area contributed by atoms with E-state index < -0.39 is 23.4 Å². The Morgan fingerprint density at radius 1 is 1.25 bits per heavy atom. The van der Waals surface area contributed by atoms with Gasteiger partial charge in [-0.2, -0.15) is 0 Å². The van der Waals surface area contributed by atoms with E-state index in [0.29, 0.717) is 24.7 Å².